The van der Waals surface area contributed by atoms with E-state index < -0.39 is 0 Å². The smallest absolute Gasteiger partial charge is 0.0189 e. The molecule has 0 aromatic heterocycles. The lowest BCUT2D eigenvalue weighted by Crippen LogP contribution is -2.23. The van der Waals surface area contributed by atoms with Gasteiger partial charge in [0.25, 0.3) is 0 Å². The summed E-state index contributed by atoms with van der Waals surface area (Å²) in [5.74, 6) is 2.45. The van der Waals surface area contributed by atoms with E-state index in [4.69, 9.17) is 12.8 Å². The van der Waals surface area contributed by atoms with Gasteiger partial charge in [-0.3, -0.25) is 0 Å². The maximum atomic E-state index is 4.91. The van der Waals surface area contributed by atoms with Gasteiger partial charge in [-0.2, -0.15) is 11.8 Å². The first kappa shape index (κ1) is 5.79. The maximum Gasteiger partial charge on any atom is 0.0189 e. The molecule has 1 aliphatic heterocycles. The first-order valence-corrected chi connectivity index (χ1v) is 3.91. The fourth-order valence-electron chi connectivity index (χ4n) is 0.547. The van der Waals surface area contributed by atoms with Gasteiger partial charge in [-0.25, -0.2) is 4.31 Å². The van der Waals surface area contributed by atoms with Gasteiger partial charge in [0.05, 0.1) is 0 Å². The van der Waals surface area contributed by atoms with Gasteiger partial charge in [0, 0.05) is 37.4 Å². The lowest BCUT2D eigenvalue weighted by Gasteiger charge is -2.17. The molecule has 0 aromatic carbocycles. The Morgan fingerprint density at radius 2 is 1.86 bits per heavy atom. The molecule has 0 unspecified atom stereocenters. The standard InChI is InChI=1S/C4H8NS2/c6-5-1-3-7-4-2-5/h1-4H2. The van der Waals surface area contributed by atoms with Gasteiger partial charge in [-0.1, -0.05) is 0 Å². The monoisotopic (exact) mass is 134 g/mol. The summed E-state index contributed by atoms with van der Waals surface area (Å²) in [7, 11) is 0. The molecule has 0 amide bonds. The Bertz CT molecular complexity index is 51.7. The van der Waals surface area contributed by atoms with Gasteiger partial charge >= 0.3 is 0 Å². The Morgan fingerprint density at radius 1 is 1.29 bits per heavy atom. The number of thioether (sulfide) groups is 1. The average molecular weight is 134 g/mol. The highest BCUT2D eigenvalue weighted by Gasteiger charge is 2.04. The quantitative estimate of drug-likeness (QED) is 0.489. The molecule has 0 aliphatic carbocycles. The van der Waals surface area contributed by atoms with Crippen LogP contribution in [0.3, 0.4) is 0 Å². The molecule has 3 heteroatoms. The summed E-state index contributed by atoms with van der Waals surface area (Å²) < 4.78 is 1.95. The van der Waals surface area contributed by atoms with Crippen LogP contribution < -0.4 is 0 Å². The molecule has 0 bridgehead atoms. The topological polar surface area (TPSA) is 3.24 Å². The van der Waals surface area contributed by atoms with E-state index in [1.165, 1.54) is 11.5 Å². The van der Waals surface area contributed by atoms with Crippen LogP contribution in [0.15, 0.2) is 0 Å². The Kier molecular flexibility index (Phi) is 2.35. The van der Waals surface area contributed by atoms with Gasteiger partial charge in [0.2, 0.25) is 0 Å². The van der Waals surface area contributed by atoms with Crippen LogP contribution >= 0.6 is 24.6 Å². The minimum Gasteiger partial charge on any atom is -0.239 e. The van der Waals surface area contributed by atoms with Gasteiger partial charge in [0.15, 0.2) is 0 Å². The molecule has 1 heterocycles. The Balaban J connectivity index is 2.12. The first-order valence-electron chi connectivity index (χ1n) is 2.39. The van der Waals surface area contributed by atoms with E-state index in [9.17, 15) is 0 Å². The van der Waals surface area contributed by atoms with Crippen molar-refractivity contribution in [1.29, 1.82) is 0 Å². The van der Waals surface area contributed by atoms with Crippen LogP contribution in [0.4, 0.5) is 0 Å². The first-order chi connectivity index (χ1) is 3.39. The van der Waals surface area contributed by atoms with E-state index in [0.717, 1.165) is 13.1 Å². The fourth-order valence-corrected chi connectivity index (χ4v) is 1.86. The molecular formula is C4H8NS2. The van der Waals surface area contributed by atoms with E-state index in [2.05, 4.69) is 0 Å². The van der Waals surface area contributed by atoms with Crippen LogP contribution in [-0.4, -0.2) is 28.9 Å². The summed E-state index contributed by atoms with van der Waals surface area (Å²) in [6, 6.07) is 0. The van der Waals surface area contributed by atoms with Crippen LogP contribution in [0.1, 0.15) is 0 Å². The van der Waals surface area contributed by atoms with Crippen molar-refractivity contribution in [3.05, 3.63) is 0 Å². The van der Waals surface area contributed by atoms with Crippen LogP contribution in [0, 0.1) is 0 Å². The predicted octanol–water partition coefficient (Wildman–Crippen LogP) is 1.15. The minimum absolute atomic E-state index is 1.10. The summed E-state index contributed by atoms with van der Waals surface area (Å²) in [6.45, 7) is 2.19. The molecule has 1 aliphatic rings. The maximum absolute atomic E-state index is 4.91. The highest BCUT2D eigenvalue weighted by atomic mass is 32.2. The zero-order valence-electron chi connectivity index (χ0n) is 4.09. The molecule has 1 rings (SSSR count). The summed E-state index contributed by atoms with van der Waals surface area (Å²) in [5.41, 5.74) is 0. The van der Waals surface area contributed by atoms with E-state index in [0.29, 0.717) is 0 Å². The molecule has 0 atom stereocenters. The van der Waals surface area contributed by atoms with Gasteiger partial charge in [0.1, 0.15) is 0 Å². The summed E-state index contributed by atoms with van der Waals surface area (Å²) in [4.78, 5) is 0. The molecule has 1 fully saturated rings. The third kappa shape index (κ3) is 1.93. The summed E-state index contributed by atoms with van der Waals surface area (Å²) in [6.07, 6.45) is 0. The van der Waals surface area contributed by atoms with Crippen molar-refractivity contribution in [3.63, 3.8) is 0 Å². The lowest BCUT2D eigenvalue weighted by molar-refractivity contribution is 0.529. The molecule has 1 radical (unpaired) electrons. The van der Waals surface area contributed by atoms with Crippen molar-refractivity contribution >= 4 is 24.6 Å². The fraction of sp³-hybridized carbons (Fsp3) is 1.00. The third-order valence-electron chi connectivity index (χ3n) is 0.970. The van der Waals surface area contributed by atoms with Crippen LogP contribution in [0.2, 0.25) is 0 Å². The molecule has 1 saturated heterocycles. The van der Waals surface area contributed by atoms with Crippen molar-refractivity contribution in [2.24, 2.45) is 0 Å². The molecular weight excluding hydrogens is 126 g/mol. The van der Waals surface area contributed by atoms with Crippen molar-refractivity contribution in [2.75, 3.05) is 24.6 Å². The molecule has 0 aromatic rings. The van der Waals surface area contributed by atoms with Crippen LogP contribution in [0.5, 0.6) is 0 Å². The normalized spacial score (nSPS) is 25.3. The molecule has 41 valence electrons. The summed E-state index contributed by atoms with van der Waals surface area (Å²) >= 11 is 6.90. The van der Waals surface area contributed by atoms with E-state index in [1.54, 1.807) is 0 Å². The highest BCUT2D eigenvalue weighted by molar-refractivity contribution is 7.99. The lowest BCUT2D eigenvalue weighted by atomic mass is 10.6. The second-order valence-corrected chi connectivity index (χ2v) is 3.28. The average Bonchev–Trinajstić information content (AvgIpc) is 1.69. The number of hydrogen-bond acceptors (Lipinski definition) is 2. The van der Waals surface area contributed by atoms with Gasteiger partial charge in [-0.15, -0.1) is 0 Å². The Labute approximate surface area is 54.0 Å². The van der Waals surface area contributed by atoms with E-state index in [1.807, 2.05) is 16.1 Å². The molecule has 0 N–H and O–H groups in total. The van der Waals surface area contributed by atoms with Gasteiger partial charge in [-0.05, 0) is 0 Å². The Morgan fingerprint density at radius 3 is 2.14 bits per heavy atom. The predicted molar refractivity (Wildman–Crippen MR) is 36.5 cm³/mol. The largest absolute Gasteiger partial charge is 0.239 e. The molecule has 1 nitrogen and oxygen atoms in total. The van der Waals surface area contributed by atoms with E-state index in [-0.39, 0.29) is 0 Å². The summed E-state index contributed by atoms with van der Waals surface area (Å²) in [5, 5.41) is 0. The van der Waals surface area contributed by atoms with Crippen molar-refractivity contribution < 1.29 is 0 Å². The molecule has 0 saturated carbocycles. The Hall–Kier alpha value is 0.660. The van der Waals surface area contributed by atoms with Crippen LogP contribution in [-0.2, 0) is 0 Å². The van der Waals surface area contributed by atoms with Crippen molar-refractivity contribution in [3.8, 4) is 0 Å². The van der Waals surface area contributed by atoms with E-state index >= 15 is 0 Å². The second kappa shape index (κ2) is 2.84. The minimum atomic E-state index is 1.10. The molecule has 0 spiro atoms. The SMILES string of the molecule is [S]N1CCSCC1. The van der Waals surface area contributed by atoms with Crippen LogP contribution in [0.25, 0.3) is 0 Å². The van der Waals surface area contributed by atoms with Gasteiger partial charge < -0.3 is 0 Å². The zero-order chi connectivity index (χ0) is 5.11. The number of nitrogens with zero attached hydrogens (tertiary/aromatic N) is 1. The van der Waals surface area contributed by atoms with Crippen molar-refractivity contribution in [2.45, 2.75) is 0 Å². The zero-order valence-corrected chi connectivity index (χ0v) is 5.73. The number of rotatable bonds is 0. The third-order valence-corrected chi connectivity index (χ3v) is 2.28. The van der Waals surface area contributed by atoms with Crippen molar-refractivity contribution in [1.82, 2.24) is 4.31 Å². The molecule has 7 heavy (non-hydrogen) atoms. The second-order valence-electron chi connectivity index (χ2n) is 1.54. The number of hydrogen-bond donors (Lipinski definition) is 0. The highest BCUT2D eigenvalue weighted by Crippen LogP contribution is 2.09.